The molecule has 0 unspecified atom stereocenters. The minimum atomic E-state index is -0.396. The van der Waals surface area contributed by atoms with Crippen LogP contribution in [0.4, 0.5) is 0 Å². The maximum Gasteiger partial charge on any atom is 0.268 e. The highest BCUT2D eigenvalue weighted by atomic mass is 16.5. The fourth-order valence-electron chi connectivity index (χ4n) is 1.59. The standard InChI is InChI=1S/C13H14N2O3/c1-9-4-2-3-5-11(9)18-8-12-10(6-7-17-12)13(16)15-14/h2-7H,8,14H2,1H3,(H,15,16). The highest BCUT2D eigenvalue weighted by Gasteiger charge is 2.14. The molecular weight excluding hydrogens is 232 g/mol. The lowest BCUT2D eigenvalue weighted by Crippen LogP contribution is -2.30. The molecule has 0 aliphatic heterocycles. The Morgan fingerprint density at radius 3 is 2.89 bits per heavy atom. The van der Waals surface area contributed by atoms with Gasteiger partial charge in [0, 0.05) is 0 Å². The number of nitrogens with one attached hydrogen (secondary N) is 1. The fourth-order valence-corrected chi connectivity index (χ4v) is 1.59. The van der Waals surface area contributed by atoms with Crippen LogP contribution in [0.3, 0.4) is 0 Å². The molecule has 1 aromatic carbocycles. The fraction of sp³-hybridized carbons (Fsp3) is 0.154. The minimum absolute atomic E-state index is 0.181. The number of nitrogens with two attached hydrogens (primary N) is 1. The molecule has 5 nitrogen and oxygen atoms in total. The number of para-hydroxylation sites is 1. The predicted octanol–water partition coefficient (Wildman–Crippen LogP) is 1.77. The second kappa shape index (κ2) is 5.37. The molecule has 1 aromatic heterocycles. The van der Waals surface area contributed by atoms with Crippen molar-refractivity contribution >= 4 is 5.91 Å². The number of hydrogen-bond donors (Lipinski definition) is 2. The lowest BCUT2D eigenvalue weighted by molar-refractivity contribution is 0.0949. The van der Waals surface area contributed by atoms with Crippen molar-refractivity contribution in [2.45, 2.75) is 13.5 Å². The van der Waals surface area contributed by atoms with Crippen LogP contribution in [0.2, 0.25) is 0 Å². The Hall–Kier alpha value is -2.27. The number of aryl methyl sites for hydroxylation is 1. The Morgan fingerprint density at radius 2 is 2.17 bits per heavy atom. The highest BCUT2D eigenvalue weighted by Crippen LogP contribution is 2.19. The van der Waals surface area contributed by atoms with Gasteiger partial charge in [-0.15, -0.1) is 0 Å². The maximum absolute atomic E-state index is 11.4. The van der Waals surface area contributed by atoms with E-state index in [1.54, 1.807) is 6.07 Å². The Bertz CT molecular complexity index is 549. The molecule has 0 aliphatic carbocycles. The number of amides is 1. The van der Waals surface area contributed by atoms with E-state index in [-0.39, 0.29) is 6.61 Å². The summed E-state index contributed by atoms with van der Waals surface area (Å²) in [6.45, 7) is 2.13. The maximum atomic E-state index is 11.4. The average Bonchev–Trinajstić information content (AvgIpc) is 2.85. The van der Waals surface area contributed by atoms with Crippen LogP contribution in [0.25, 0.3) is 0 Å². The topological polar surface area (TPSA) is 77.5 Å². The SMILES string of the molecule is Cc1ccccc1OCc1occc1C(=O)NN. The molecule has 2 aromatic rings. The largest absolute Gasteiger partial charge is 0.485 e. The molecule has 3 N–H and O–H groups in total. The first-order valence-electron chi connectivity index (χ1n) is 5.48. The van der Waals surface area contributed by atoms with Gasteiger partial charge in [0.1, 0.15) is 12.4 Å². The molecule has 0 atom stereocenters. The van der Waals surface area contributed by atoms with Crippen molar-refractivity contribution < 1.29 is 13.9 Å². The molecule has 0 fully saturated rings. The summed E-state index contributed by atoms with van der Waals surface area (Å²) >= 11 is 0. The number of hydrazine groups is 1. The van der Waals surface area contributed by atoms with Crippen LogP contribution in [0, 0.1) is 6.92 Å². The molecular formula is C13H14N2O3. The van der Waals surface area contributed by atoms with E-state index >= 15 is 0 Å². The molecule has 2 rings (SSSR count). The van der Waals surface area contributed by atoms with Crippen molar-refractivity contribution in [1.29, 1.82) is 0 Å². The Balaban J connectivity index is 2.09. The minimum Gasteiger partial charge on any atom is -0.485 e. The number of carbonyl (C=O) groups is 1. The van der Waals surface area contributed by atoms with Gasteiger partial charge in [-0.3, -0.25) is 10.2 Å². The number of ether oxygens (including phenoxy) is 1. The van der Waals surface area contributed by atoms with Crippen LogP contribution in [-0.2, 0) is 6.61 Å². The van der Waals surface area contributed by atoms with E-state index in [1.165, 1.54) is 6.26 Å². The number of carbonyl (C=O) groups excluding carboxylic acids is 1. The van der Waals surface area contributed by atoms with Crippen LogP contribution in [0.1, 0.15) is 21.7 Å². The lowest BCUT2D eigenvalue weighted by Gasteiger charge is -2.08. The Labute approximate surface area is 105 Å². The van der Waals surface area contributed by atoms with Crippen LogP contribution in [0.15, 0.2) is 41.0 Å². The van der Waals surface area contributed by atoms with E-state index in [2.05, 4.69) is 5.43 Å². The molecule has 94 valence electrons. The summed E-state index contributed by atoms with van der Waals surface area (Å²) in [5.74, 6) is 5.89. The molecule has 0 bridgehead atoms. The molecule has 0 saturated heterocycles. The lowest BCUT2D eigenvalue weighted by atomic mass is 10.2. The molecule has 1 heterocycles. The number of furan rings is 1. The molecule has 5 heteroatoms. The zero-order valence-corrected chi connectivity index (χ0v) is 9.97. The molecule has 0 aliphatic rings. The van der Waals surface area contributed by atoms with Crippen molar-refractivity contribution in [3.05, 3.63) is 53.5 Å². The summed E-state index contributed by atoms with van der Waals surface area (Å²) < 4.78 is 10.8. The Morgan fingerprint density at radius 1 is 1.39 bits per heavy atom. The highest BCUT2D eigenvalue weighted by molar-refractivity contribution is 5.94. The van der Waals surface area contributed by atoms with Gasteiger partial charge in [-0.25, -0.2) is 5.84 Å². The third kappa shape index (κ3) is 2.52. The van der Waals surface area contributed by atoms with Gasteiger partial charge >= 0.3 is 0 Å². The molecule has 0 spiro atoms. The summed E-state index contributed by atoms with van der Waals surface area (Å²) in [6, 6.07) is 9.19. The van der Waals surface area contributed by atoms with E-state index in [0.29, 0.717) is 11.3 Å². The summed E-state index contributed by atoms with van der Waals surface area (Å²) in [6.07, 6.45) is 1.43. The van der Waals surface area contributed by atoms with Crippen molar-refractivity contribution in [2.24, 2.45) is 5.84 Å². The van der Waals surface area contributed by atoms with Crippen molar-refractivity contribution in [2.75, 3.05) is 0 Å². The van der Waals surface area contributed by atoms with Crippen LogP contribution in [-0.4, -0.2) is 5.91 Å². The van der Waals surface area contributed by atoms with E-state index in [1.807, 2.05) is 31.2 Å². The summed E-state index contributed by atoms with van der Waals surface area (Å²) in [5, 5.41) is 0. The second-order valence-corrected chi connectivity index (χ2v) is 3.79. The van der Waals surface area contributed by atoms with E-state index in [0.717, 1.165) is 11.3 Å². The molecule has 18 heavy (non-hydrogen) atoms. The van der Waals surface area contributed by atoms with Gasteiger partial charge in [-0.1, -0.05) is 18.2 Å². The third-order valence-electron chi connectivity index (χ3n) is 2.57. The van der Waals surface area contributed by atoms with Crippen LogP contribution in [0.5, 0.6) is 5.75 Å². The van der Waals surface area contributed by atoms with E-state index in [4.69, 9.17) is 15.0 Å². The Kier molecular flexibility index (Phi) is 3.64. The van der Waals surface area contributed by atoms with E-state index in [9.17, 15) is 4.79 Å². The quantitative estimate of drug-likeness (QED) is 0.489. The smallest absolute Gasteiger partial charge is 0.268 e. The van der Waals surface area contributed by atoms with Gasteiger partial charge in [0.15, 0.2) is 5.76 Å². The number of rotatable bonds is 4. The first-order chi connectivity index (χ1) is 8.72. The first kappa shape index (κ1) is 12.2. The molecule has 0 saturated carbocycles. The monoisotopic (exact) mass is 246 g/mol. The molecule has 1 amide bonds. The number of nitrogen functional groups attached to an aromatic ring is 1. The zero-order chi connectivity index (χ0) is 13.0. The van der Waals surface area contributed by atoms with Crippen molar-refractivity contribution in [1.82, 2.24) is 5.43 Å². The van der Waals surface area contributed by atoms with Crippen LogP contribution >= 0.6 is 0 Å². The third-order valence-corrected chi connectivity index (χ3v) is 2.57. The van der Waals surface area contributed by atoms with Gasteiger partial charge in [-0.2, -0.15) is 0 Å². The van der Waals surface area contributed by atoms with Gasteiger partial charge in [-0.05, 0) is 24.6 Å². The summed E-state index contributed by atoms with van der Waals surface area (Å²) in [7, 11) is 0. The summed E-state index contributed by atoms with van der Waals surface area (Å²) in [4.78, 5) is 11.4. The number of benzene rings is 1. The van der Waals surface area contributed by atoms with Crippen molar-refractivity contribution in [3.63, 3.8) is 0 Å². The van der Waals surface area contributed by atoms with Gasteiger partial charge in [0.2, 0.25) is 0 Å². The van der Waals surface area contributed by atoms with Gasteiger partial charge in [0.05, 0.1) is 11.8 Å². The predicted molar refractivity (Wildman–Crippen MR) is 65.9 cm³/mol. The normalized spacial score (nSPS) is 10.1. The zero-order valence-electron chi connectivity index (χ0n) is 9.97. The molecule has 0 radical (unpaired) electrons. The average molecular weight is 246 g/mol. The van der Waals surface area contributed by atoms with Crippen molar-refractivity contribution in [3.8, 4) is 5.75 Å². The van der Waals surface area contributed by atoms with E-state index < -0.39 is 5.91 Å². The second-order valence-electron chi connectivity index (χ2n) is 3.79. The first-order valence-corrected chi connectivity index (χ1v) is 5.48. The van der Waals surface area contributed by atoms with Crippen LogP contribution < -0.4 is 16.0 Å². The van der Waals surface area contributed by atoms with Gasteiger partial charge in [0.25, 0.3) is 5.91 Å². The number of hydrogen-bond acceptors (Lipinski definition) is 4. The van der Waals surface area contributed by atoms with Gasteiger partial charge < -0.3 is 9.15 Å². The summed E-state index contributed by atoms with van der Waals surface area (Å²) in [5.41, 5.74) is 3.47.